The van der Waals surface area contributed by atoms with Crippen LogP contribution < -0.4 is 5.14 Å². The van der Waals surface area contributed by atoms with Crippen molar-refractivity contribution >= 4 is 32.5 Å². The van der Waals surface area contributed by atoms with E-state index in [2.05, 4.69) is 10.2 Å². The van der Waals surface area contributed by atoms with Crippen LogP contribution in [-0.2, 0) is 17.1 Å². The number of nitrogens with zero attached hydrogens (tertiary/aromatic N) is 3. The number of nitrogens with two attached hydrogens (primary N) is 1. The van der Waals surface area contributed by atoms with Gasteiger partial charge in [0.2, 0.25) is 15.9 Å². The first-order chi connectivity index (χ1) is 11.8. The maximum Gasteiger partial charge on any atom is 0.295 e. The fourth-order valence-corrected chi connectivity index (χ4v) is 2.91. The largest absolute Gasteiger partial charge is 0.493 e. The van der Waals surface area contributed by atoms with E-state index in [9.17, 15) is 18.3 Å². The number of rotatable bonds is 3. The molecule has 128 valence electrons. The molecule has 3 aromatic rings. The van der Waals surface area contributed by atoms with Crippen molar-refractivity contribution in [3.63, 3.8) is 0 Å². The van der Waals surface area contributed by atoms with Crippen LogP contribution in [0.1, 0.15) is 10.4 Å². The zero-order chi connectivity index (χ0) is 18.2. The summed E-state index contributed by atoms with van der Waals surface area (Å²) in [5, 5.41) is 23.3. The maximum atomic E-state index is 12.1. The lowest BCUT2D eigenvalue weighted by Crippen LogP contribution is -2.12. The average Bonchev–Trinajstić information content (AvgIpc) is 2.83. The summed E-state index contributed by atoms with van der Waals surface area (Å²) in [6.45, 7) is 0. The molecule has 0 aliphatic rings. The molecule has 0 fully saturated rings. The van der Waals surface area contributed by atoms with E-state index in [1.165, 1.54) is 28.8 Å². The maximum absolute atomic E-state index is 12.1. The van der Waals surface area contributed by atoms with Gasteiger partial charge in [0.05, 0.1) is 10.4 Å². The summed E-state index contributed by atoms with van der Waals surface area (Å²) in [5.41, 5.74) is 1.09. The first-order valence-electron chi connectivity index (χ1n) is 7.14. The fourth-order valence-electron chi connectivity index (χ4n) is 2.40. The average molecular weight is 358 g/mol. The molecule has 2 aromatic carbocycles. The van der Waals surface area contributed by atoms with E-state index in [-0.39, 0.29) is 22.0 Å². The Morgan fingerprint density at radius 2 is 1.76 bits per heavy atom. The van der Waals surface area contributed by atoms with Crippen LogP contribution in [0.4, 0.5) is 5.69 Å². The molecule has 0 saturated carbocycles. The van der Waals surface area contributed by atoms with Crippen molar-refractivity contribution < 1.29 is 18.3 Å². The number of azo groups is 1. The Labute approximate surface area is 143 Å². The molecule has 0 radical (unpaired) electrons. The smallest absolute Gasteiger partial charge is 0.295 e. The summed E-state index contributed by atoms with van der Waals surface area (Å²) < 4.78 is 24.0. The van der Waals surface area contributed by atoms with Gasteiger partial charge in [-0.25, -0.2) is 13.6 Å². The van der Waals surface area contributed by atoms with Gasteiger partial charge in [-0.05, 0) is 30.3 Å². The molecule has 3 rings (SSSR count). The second-order valence-electron chi connectivity index (χ2n) is 5.32. The Balaban J connectivity index is 1.92. The number of hydrogen-bond acceptors (Lipinski definition) is 5. The van der Waals surface area contributed by atoms with Gasteiger partial charge in [0.25, 0.3) is 5.91 Å². The van der Waals surface area contributed by atoms with Gasteiger partial charge < -0.3 is 9.67 Å². The molecule has 1 amide bonds. The number of fused-ring (bicyclic) bond motifs is 1. The SMILES string of the molecule is Cn1c(O)c(N=NC(=O)c2ccc(S(N)(=O)=O)cc2)c2ccccc21. The third-order valence-corrected chi connectivity index (χ3v) is 4.65. The van der Waals surface area contributed by atoms with Crippen molar-refractivity contribution in [2.24, 2.45) is 22.4 Å². The second-order valence-corrected chi connectivity index (χ2v) is 6.88. The van der Waals surface area contributed by atoms with Crippen LogP contribution in [0.3, 0.4) is 0 Å². The van der Waals surface area contributed by atoms with Crippen LogP contribution in [0.2, 0.25) is 0 Å². The predicted molar refractivity (Wildman–Crippen MR) is 91.2 cm³/mol. The summed E-state index contributed by atoms with van der Waals surface area (Å²) >= 11 is 0. The summed E-state index contributed by atoms with van der Waals surface area (Å²) in [4.78, 5) is 12.0. The number of carbonyl (C=O) groups is 1. The first-order valence-corrected chi connectivity index (χ1v) is 8.69. The number of carbonyl (C=O) groups excluding carboxylic acids is 1. The Morgan fingerprint density at radius 3 is 2.40 bits per heavy atom. The zero-order valence-electron chi connectivity index (χ0n) is 13.1. The van der Waals surface area contributed by atoms with Gasteiger partial charge in [0.1, 0.15) is 0 Å². The number of para-hydroxylation sites is 1. The van der Waals surface area contributed by atoms with E-state index in [0.29, 0.717) is 5.39 Å². The van der Waals surface area contributed by atoms with Crippen LogP contribution >= 0.6 is 0 Å². The highest BCUT2D eigenvalue weighted by Crippen LogP contribution is 2.37. The van der Waals surface area contributed by atoms with Crippen molar-refractivity contribution in [2.75, 3.05) is 0 Å². The highest BCUT2D eigenvalue weighted by Gasteiger charge is 2.15. The number of primary sulfonamides is 1. The van der Waals surface area contributed by atoms with Gasteiger partial charge in [0, 0.05) is 18.0 Å². The molecule has 0 unspecified atom stereocenters. The van der Waals surface area contributed by atoms with Crippen molar-refractivity contribution in [1.82, 2.24) is 4.57 Å². The summed E-state index contributed by atoms with van der Waals surface area (Å²) in [6.07, 6.45) is 0. The van der Waals surface area contributed by atoms with Crippen molar-refractivity contribution in [3.05, 3.63) is 54.1 Å². The number of sulfonamides is 1. The molecule has 0 atom stereocenters. The van der Waals surface area contributed by atoms with Crippen LogP contribution in [0.15, 0.2) is 63.7 Å². The van der Waals surface area contributed by atoms with Gasteiger partial charge in [-0.3, -0.25) is 4.79 Å². The van der Waals surface area contributed by atoms with E-state index in [4.69, 9.17) is 5.14 Å². The van der Waals surface area contributed by atoms with Crippen LogP contribution in [0, 0.1) is 0 Å². The molecular formula is C16H14N4O4S. The summed E-state index contributed by atoms with van der Waals surface area (Å²) in [6, 6.07) is 12.2. The zero-order valence-corrected chi connectivity index (χ0v) is 13.9. The van der Waals surface area contributed by atoms with Gasteiger partial charge in [0.15, 0.2) is 5.69 Å². The molecule has 9 heteroatoms. The van der Waals surface area contributed by atoms with Crippen LogP contribution in [-0.4, -0.2) is 24.0 Å². The fraction of sp³-hybridized carbons (Fsp3) is 0.0625. The third kappa shape index (κ3) is 3.14. The Kier molecular flexibility index (Phi) is 4.11. The van der Waals surface area contributed by atoms with Gasteiger partial charge in [-0.1, -0.05) is 18.2 Å². The quantitative estimate of drug-likeness (QED) is 0.697. The molecular weight excluding hydrogens is 344 g/mol. The third-order valence-electron chi connectivity index (χ3n) is 3.72. The topological polar surface area (TPSA) is 127 Å². The molecule has 0 spiro atoms. The second kappa shape index (κ2) is 6.11. The number of aromatic nitrogens is 1. The minimum Gasteiger partial charge on any atom is -0.493 e. The van der Waals surface area contributed by atoms with Crippen molar-refractivity contribution in [1.29, 1.82) is 0 Å². The lowest BCUT2D eigenvalue weighted by Gasteiger charge is -1.99. The highest BCUT2D eigenvalue weighted by molar-refractivity contribution is 7.89. The summed E-state index contributed by atoms with van der Waals surface area (Å²) in [5.74, 6) is -0.782. The molecule has 1 aromatic heterocycles. The monoisotopic (exact) mass is 358 g/mol. The van der Waals surface area contributed by atoms with Crippen molar-refractivity contribution in [2.45, 2.75) is 4.90 Å². The predicted octanol–water partition coefficient (Wildman–Crippen LogP) is 2.46. The molecule has 8 nitrogen and oxygen atoms in total. The molecule has 25 heavy (non-hydrogen) atoms. The molecule has 0 saturated heterocycles. The Bertz CT molecular complexity index is 1100. The molecule has 3 N–H and O–H groups in total. The van der Waals surface area contributed by atoms with Gasteiger partial charge in [-0.2, -0.15) is 0 Å². The van der Waals surface area contributed by atoms with E-state index in [1.807, 2.05) is 12.1 Å². The number of hydrogen-bond donors (Lipinski definition) is 2. The van der Waals surface area contributed by atoms with Crippen LogP contribution in [0.5, 0.6) is 5.88 Å². The molecule has 1 heterocycles. The van der Waals surface area contributed by atoms with Crippen LogP contribution in [0.25, 0.3) is 10.9 Å². The van der Waals surface area contributed by atoms with Gasteiger partial charge >= 0.3 is 0 Å². The molecule has 0 aliphatic heterocycles. The summed E-state index contributed by atoms with van der Waals surface area (Å²) in [7, 11) is -2.16. The van der Waals surface area contributed by atoms with E-state index < -0.39 is 15.9 Å². The minimum atomic E-state index is -3.83. The lowest BCUT2D eigenvalue weighted by atomic mass is 10.2. The standard InChI is InChI=1S/C16H14N4O4S/c1-20-13-5-3-2-4-12(13)14(16(20)22)18-19-15(21)10-6-8-11(9-7-10)25(17,23)24/h2-9,22H,1H3,(H2,17,23,24). The Hall–Kier alpha value is -3.04. The lowest BCUT2D eigenvalue weighted by molar-refractivity contribution is 0.0995. The number of aryl methyl sites for hydroxylation is 1. The van der Waals surface area contributed by atoms with E-state index in [0.717, 1.165) is 5.52 Å². The number of amides is 1. The first kappa shape index (κ1) is 16.8. The Morgan fingerprint density at radius 1 is 1.12 bits per heavy atom. The molecule has 0 bridgehead atoms. The van der Waals surface area contributed by atoms with Crippen molar-refractivity contribution in [3.8, 4) is 5.88 Å². The minimum absolute atomic E-state index is 0.104. The highest BCUT2D eigenvalue weighted by atomic mass is 32.2. The number of aromatic hydroxyl groups is 1. The molecule has 0 aliphatic carbocycles. The van der Waals surface area contributed by atoms with E-state index >= 15 is 0 Å². The van der Waals surface area contributed by atoms with E-state index in [1.54, 1.807) is 19.2 Å². The van der Waals surface area contributed by atoms with Gasteiger partial charge in [-0.15, -0.1) is 10.2 Å². The normalized spacial score (nSPS) is 12.1. The number of benzene rings is 2.